The van der Waals surface area contributed by atoms with Crippen LogP contribution in [0.4, 0.5) is 15.9 Å². The first-order valence-electron chi connectivity index (χ1n) is 10.3. The van der Waals surface area contributed by atoms with E-state index in [2.05, 4.69) is 22.2 Å². The Morgan fingerprint density at radius 3 is 2.85 bits per heavy atom. The summed E-state index contributed by atoms with van der Waals surface area (Å²) in [7, 11) is 1.79. The fraction of sp³-hybridized carbons (Fsp3) is 0.304. The van der Waals surface area contributed by atoms with Crippen molar-refractivity contribution in [2.75, 3.05) is 37.5 Å². The minimum absolute atomic E-state index is 0.00999. The first-order valence-corrected chi connectivity index (χ1v) is 10.7. The van der Waals surface area contributed by atoms with Gasteiger partial charge < -0.3 is 30.1 Å². The van der Waals surface area contributed by atoms with Crippen molar-refractivity contribution in [1.29, 1.82) is 0 Å². The molecule has 1 fully saturated rings. The standard InChI is InChI=1S/C23H26ClFN4O4/c1-3-4-21(33-13-15-5-6-16(24)11-18(15)25)29(2)14-27-19-7-8-20(23(30)31)28-22(19)26-12-17-9-10-32-17/h3-8,11,17,27H,1,9-10,12-14H2,2H3,(H,26,28)(H,30,31)/b21-4+/t17-/m0/s1. The molecule has 10 heteroatoms. The van der Waals surface area contributed by atoms with E-state index in [1.807, 2.05) is 0 Å². The smallest absolute Gasteiger partial charge is 0.354 e. The van der Waals surface area contributed by atoms with Gasteiger partial charge in [0.15, 0.2) is 17.4 Å². The van der Waals surface area contributed by atoms with Crippen molar-refractivity contribution in [3.63, 3.8) is 0 Å². The lowest BCUT2D eigenvalue weighted by Crippen LogP contribution is -2.34. The lowest BCUT2D eigenvalue weighted by atomic mass is 10.2. The van der Waals surface area contributed by atoms with Gasteiger partial charge in [-0.3, -0.25) is 0 Å². The molecule has 3 N–H and O–H groups in total. The number of anilines is 2. The van der Waals surface area contributed by atoms with Crippen molar-refractivity contribution in [2.24, 2.45) is 0 Å². The lowest BCUT2D eigenvalue weighted by molar-refractivity contribution is -0.0410. The summed E-state index contributed by atoms with van der Waals surface area (Å²) < 4.78 is 25.2. The fourth-order valence-corrected chi connectivity index (χ4v) is 3.13. The lowest BCUT2D eigenvalue weighted by Gasteiger charge is -2.27. The number of hydrogen-bond donors (Lipinski definition) is 3. The highest BCUT2D eigenvalue weighted by Crippen LogP contribution is 2.22. The third kappa shape index (κ3) is 6.84. The van der Waals surface area contributed by atoms with Crippen LogP contribution in [0.2, 0.25) is 5.02 Å². The van der Waals surface area contributed by atoms with Crippen LogP contribution in [0, 0.1) is 5.82 Å². The Hall–Kier alpha value is -3.30. The summed E-state index contributed by atoms with van der Waals surface area (Å²) in [6.45, 7) is 5.26. The number of carboxylic acid groups (broad SMARTS) is 1. The number of halogens is 2. The Bertz CT molecular complexity index is 1030. The van der Waals surface area contributed by atoms with Gasteiger partial charge in [-0.15, -0.1) is 0 Å². The van der Waals surface area contributed by atoms with Gasteiger partial charge in [0.25, 0.3) is 0 Å². The Morgan fingerprint density at radius 1 is 1.42 bits per heavy atom. The maximum absolute atomic E-state index is 14.1. The molecule has 0 unspecified atom stereocenters. The number of nitrogens with zero attached hydrogens (tertiary/aromatic N) is 2. The van der Waals surface area contributed by atoms with Crippen LogP contribution in [0.3, 0.4) is 0 Å². The molecular weight excluding hydrogens is 451 g/mol. The number of ether oxygens (including phenoxy) is 2. The van der Waals surface area contributed by atoms with Crippen LogP contribution in [0.15, 0.2) is 54.9 Å². The third-order valence-electron chi connectivity index (χ3n) is 4.94. The van der Waals surface area contributed by atoms with Crippen molar-refractivity contribution >= 4 is 29.1 Å². The molecule has 0 spiro atoms. The number of allylic oxidation sites excluding steroid dienone is 2. The zero-order valence-electron chi connectivity index (χ0n) is 18.2. The van der Waals surface area contributed by atoms with Crippen molar-refractivity contribution in [2.45, 2.75) is 19.1 Å². The second kappa shape index (κ2) is 11.5. The van der Waals surface area contributed by atoms with E-state index in [4.69, 9.17) is 21.1 Å². The molecule has 1 aliphatic heterocycles. The number of pyridine rings is 1. The topological polar surface area (TPSA) is 96.0 Å². The minimum atomic E-state index is -1.11. The number of rotatable bonds is 12. The Morgan fingerprint density at radius 2 is 2.21 bits per heavy atom. The molecule has 33 heavy (non-hydrogen) atoms. The number of carbonyl (C=O) groups is 1. The normalized spacial score (nSPS) is 15.4. The number of aromatic carboxylic acids is 1. The molecule has 1 saturated heterocycles. The molecule has 0 amide bonds. The molecule has 2 aromatic rings. The van der Waals surface area contributed by atoms with Gasteiger partial charge in [-0.25, -0.2) is 14.2 Å². The molecule has 1 aliphatic rings. The molecular formula is C23H26ClFN4O4. The van der Waals surface area contributed by atoms with Gasteiger partial charge >= 0.3 is 5.97 Å². The highest BCUT2D eigenvalue weighted by Gasteiger charge is 2.19. The summed E-state index contributed by atoms with van der Waals surface area (Å²) in [5.41, 5.74) is 0.924. The van der Waals surface area contributed by atoms with Gasteiger partial charge in [-0.05, 0) is 36.8 Å². The third-order valence-corrected chi connectivity index (χ3v) is 5.17. The van der Waals surface area contributed by atoms with E-state index in [-0.39, 0.29) is 18.4 Å². The molecule has 0 saturated carbocycles. The molecule has 176 valence electrons. The highest BCUT2D eigenvalue weighted by atomic mass is 35.5. The predicted octanol–water partition coefficient (Wildman–Crippen LogP) is 4.32. The van der Waals surface area contributed by atoms with Crippen LogP contribution < -0.4 is 10.6 Å². The summed E-state index contributed by atoms with van der Waals surface area (Å²) in [5, 5.41) is 15.9. The van der Waals surface area contributed by atoms with Gasteiger partial charge in [0.2, 0.25) is 0 Å². The van der Waals surface area contributed by atoms with Gasteiger partial charge in [0.05, 0.1) is 18.5 Å². The van der Waals surface area contributed by atoms with Crippen molar-refractivity contribution in [3.05, 3.63) is 77.0 Å². The summed E-state index contributed by atoms with van der Waals surface area (Å²) in [6, 6.07) is 7.48. The number of benzene rings is 1. The van der Waals surface area contributed by atoms with Crippen molar-refractivity contribution in [3.8, 4) is 0 Å². The van der Waals surface area contributed by atoms with E-state index in [0.717, 1.165) is 13.0 Å². The van der Waals surface area contributed by atoms with Crippen LogP contribution >= 0.6 is 11.6 Å². The SMILES string of the molecule is C=C/C=C(/OCc1ccc(Cl)cc1F)N(C)CNc1ccc(C(=O)O)nc1NC[C@@H]1CCO1. The van der Waals surface area contributed by atoms with Crippen LogP contribution in [0.25, 0.3) is 0 Å². The first kappa shape index (κ1) is 24.3. The zero-order valence-corrected chi connectivity index (χ0v) is 18.9. The van der Waals surface area contributed by atoms with Crippen LogP contribution in [0.1, 0.15) is 22.5 Å². The van der Waals surface area contributed by atoms with Gasteiger partial charge in [0.1, 0.15) is 12.4 Å². The second-order valence-corrected chi connectivity index (χ2v) is 7.79. The summed E-state index contributed by atoms with van der Waals surface area (Å²) in [6.07, 6.45) is 4.26. The molecule has 1 atom stereocenters. The average molecular weight is 477 g/mol. The molecule has 0 radical (unpaired) electrons. The Labute approximate surface area is 196 Å². The molecule has 1 aromatic heterocycles. The number of carboxylic acids is 1. The van der Waals surface area contributed by atoms with E-state index in [1.54, 1.807) is 42.3 Å². The Balaban J connectivity index is 1.64. The molecule has 2 heterocycles. The minimum Gasteiger partial charge on any atom is -0.477 e. The summed E-state index contributed by atoms with van der Waals surface area (Å²) in [5.74, 6) is -0.686. The summed E-state index contributed by atoms with van der Waals surface area (Å²) in [4.78, 5) is 17.3. The predicted molar refractivity (Wildman–Crippen MR) is 125 cm³/mol. The Kier molecular flexibility index (Phi) is 8.51. The summed E-state index contributed by atoms with van der Waals surface area (Å²) >= 11 is 5.80. The second-order valence-electron chi connectivity index (χ2n) is 7.36. The quantitative estimate of drug-likeness (QED) is 0.237. The number of nitrogens with one attached hydrogen (secondary N) is 2. The molecule has 0 aliphatic carbocycles. The molecule has 1 aromatic carbocycles. The maximum Gasteiger partial charge on any atom is 0.354 e. The molecule has 3 rings (SSSR count). The van der Waals surface area contributed by atoms with E-state index in [0.29, 0.717) is 41.2 Å². The van der Waals surface area contributed by atoms with Gasteiger partial charge in [-0.1, -0.05) is 30.3 Å². The van der Waals surface area contributed by atoms with Gasteiger partial charge in [0, 0.05) is 30.8 Å². The number of aromatic nitrogens is 1. The highest BCUT2D eigenvalue weighted by molar-refractivity contribution is 6.30. The monoisotopic (exact) mass is 476 g/mol. The van der Waals surface area contributed by atoms with Crippen LogP contribution in [-0.2, 0) is 16.1 Å². The van der Waals surface area contributed by atoms with E-state index in [1.165, 1.54) is 12.1 Å². The maximum atomic E-state index is 14.1. The number of hydrogen-bond acceptors (Lipinski definition) is 7. The zero-order chi connectivity index (χ0) is 23.8. The average Bonchev–Trinajstić information content (AvgIpc) is 2.75. The van der Waals surface area contributed by atoms with Crippen molar-refractivity contribution < 1.29 is 23.8 Å². The fourth-order valence-electron chi connectivity index (χ4n) is 2.97. The first-order chi connectivity index (χ1) is 15.9. The van der Waals surface area contributed by atoms with Crippen LogP contribution in [0.5, 0.6) is 0 Å². The van der Waals surface area contributed by atoms with Crippen molar-refractivity contribution in [1.82, 2.24) is 9.88 Å². The largest absolute Gasteiger partial charge is 0.477 e. The van der Waals surface area contributed by atoms with Crippen LogP contribution in [-0.4, -0.2) is 53.9 Å². The van der Waals surface area contributed by atoms with E-state index >= 15 is 0 Å². The van der Waals surface area contributed by atoms with Gasteiger partial charge in [-0.2, -0.15) is 0 Å². The van der Waals surface area contributed by atoms with E-state index in [9.17, 15) is 14.3 Å². The van der Waals surface area contributed by atoms with E-state index < -0.39 is 11.8 Å². The molecule has 8 nitrogen and oxygen atoms in total. The molecule has 0 bridgehead atoms.